The molecule has 0 fully saturated rings. The van der Waals surface area contributed by atoms with Crippen molar-refractivity contribution in [2.45, 2.75) is 0 Å². The molecular formula is C11H12N3+. The first-order valence-electron chi connectivity index (χ1n) is 4.51. The van der Waals surface area contributed by atoms with E-state index in [0.717, 1.165) is 11.4 Å². The zero-order chi connectivity index (χ0) is 9.80. The molecule has 0 aliphatic rings. The van der Waals surface area contributed by atoms with Gasteiger partial charge in [0.2, 0.25) is 11.9 Å². The molecule has 1 heterocycles. The molecule has 70 valence electrons. The van der Waals surface area contributed by atoms with Crippen LogP contribution in [0.4, 0.5) is 5.69 Å². The van der Waals surface area contributed by atoms with E-state index in [-0.39, 0.29) is 0 Å². The summed E-state index contributed by atoms with van der Waals surface area (Å²) in [5.41, 5.74) is 2.08. The van der Waals surface area contributed by atoms with E-state index in [1.165, 1.54) is 0 Å². The molecule has 14 heavy (non-hydrogen) atoms. The van der Waals surface area contributed by atoms with Gasteiger partial charge >= 0.3 is 0 Å². The molecule has 1 aromatic heterocycles. The summed E-state index contributed by atoms with van der Waals surface area (Å²) in [5.74, 6) is 0. The van der Waals surface area contributed by atoms with Crippen LogP contribution in [0.25, 0.3) is 5.69 Å². The molecule has 2 aromatic rings. The minimum atomic E-state index is 1.01. The van der Waals surface area contributed by atoms with Gasteiger partial charge in [-0.3, -0.25) is 0 Å². The summed E-state index contributed by atoms with van der Waals surface area (Å²) in [6, 6.07) is 12.0. The maximum Gasteiger partial charge on any atom is 0.238 e. The van der Waals surface area contributed by atoms with Gasteiger partial charge in [0.25, 0.3) is 0 Å². The van der Waals surface area contributed by atoms with Crippen LogP contribution in [0.15, 0.2) is 48.8 Å². The van der Waals surface area contributed by atoms with Crippen molar-refractivity contribution in [3.63, 3.8) is 0 Å². The van der Waals surface area contributed by atoms with Crippen LogP contribution in [-0.4, -0.2) is 12.1 Å². The molecule has 0 unspecified atom stereocenters. The highest BCUT2D eigenvalue weighted by molar-refractivity contribution is 5.37. The fourth-order valence-corrected chi connectivity index (χ4v) is 1.24. The molecule has 1 aromatic carbocycles. The van der Waals surface area contributed by atoms with E-state index in [1.807, 2.05) is 54.3 Å². The van der Waals surface area contributed by atoms with Crippen molar-refractivity contribution in [3.8, 4) is 5.69 Å². The van der Waals surface area contributed by atoms with Crippen LogP contribution >= 0.6 is 0 Å². The van der Waals surface area contributed by atoms with E-state index in [2.05, 4.69) is 10.4 Å². The highest BCUT2D eigenvalue weighted by atomic mass is 15.3. The lowest BCUT2D eigenvalue weighted by molar-refractivity contribution is -0.659. The molecule has 0 saturated carbocycles. The molecule has 1 N–H and O–H groups in total. The van der Waals surface area contributed by atoms with Crippen molar-refractivity contribution in [2.24, 2.45) is 0 Å². The summed E-state index contributed by atoms with van der Waals surface area (Å²) in [6.45, 7) is 0. The zero-order valence-corrected chi connectivity index (χ0v) is 8.01. The van der Waals surface area contributed by atoms with Gasteiger partial charge in [0, 0.05) is 25.2 Å². The second kappa shape index (κ2) is 3.87. The van der Waals surface area contributed by atoms with Gasteiger partial charge in [-0.1, -0.05) is 22.9 Å². The molecule has 0 spiro atoms. The molecule has 2 rings (SSSR count). The largest absolute Gasteiger partial charge is 0.387 e. The van der Waals surface area contributed by atoms with Crippen LogP contribution < -0.4 is 10.00 Å². The van der Waals surface area contributed by atoms with Crippen LogP contribution in [0.1, 0.15) is 0 Å². The number of nitrogens with zero attached hydrogens (tertiary/aromatic N) is 2. The van der Waals surface area contributed by atoms with Crippen LogP contribution in [0.3, 0.4) is 0 Å². The number of aromatic nitrogens is 2. The Kier molecular flexibility index (Phi) is 2.40. The molecule has 3 heteroatoms. The predicted molar refractivity (Wildman–Crippen MR) is 55.3 cm³/mol. The SMILES string of the molecule is CNc1cc[n+](-c2ccccc2)nc1. The molecule has 0 bridgehead atoms. The number of rotatable bonds is 2. The minimum absolute atomic E-state index is 1.01. The van der Waals surface area contributed by atoms with Gasteiger partial charge in [-0.05, 0) is 5.10 Å². The van der Waals surface area contributed by atoms with E-state index in [1.54, 1.807) is 6.20 Å². The first-order valence-corrected chi connectivity index (χ1v) is 4.51. The average Bonchev–Trinajstić information content (AvgIpc) is 2.30. The quantitative estimate of drug-likeness (QED) is 0.718. The topological polar surface area (TPSA) is 28.8 Å². The summed E-state index contributed by atoms with van der Waals surface area (Å²) in [7, 11) is 1.88. The normalized spacial score (nSPS) is 9.79. The number of benzene rings is 1. The number of para-hydroxylation sites is 1. The Bertz CT molecular complexity index is 395. The summed E-state index contributed by atoms with van der Waals surface area (Å²) in [5, 5.41) is 7.30. The first kappa shape index (κ1) is 8.69. The molecule has 0 radical (unpaired) electrons. The lowest BCUT2D eigenvalue weighted by Crippen LogP contribution is -2.34. The molecule has 0 amide bonds. The van der Waals surface area contributed by atoms with Crippen LogP contribution in [0.5, 0.6) is 0 Å². The lowest BCUT2D eigenvalue weighted by atomic mass is 10.3. The summed E-state index contributed by atoms with van der Waals surface area (Å²) >= 11 is 0. The summed E-state index contributed by atoms with van der Waals surface area (Å²) in [6.07, 6.45) is 3.73. The standard InChI is InChI=1S/C11H11N3/c1-12-10-7-8-14(13-9-10)11-5-3-2-4-6-11/h2-9H,1H3/p+1. The Morgan fingerprint density at radius 1 is 1.14 bits per heavy atom. The van der Waals surface area contributed by atoms with Gasteiger partial charge in [-0.2, -0.15) is 0 Å². The monoisotopic (exact) mass is 186 g/mol. The molecule has 3 nitrogen and oxygen atoms in total. The molecule has 0 aliphatic carbocycles. The van der Waals surface area contributed by atoms with Crippen molar-refractivity contribution >= 4 is 5.69 Å². The van der Waals surface area contributed by atoms with Gasteiger partial charge in [0.05, 0.1) is 5.69 Å². The minimum Gasteiger partial charge on any atom is -0.387 e. The Morgan fingerprint density at radius 2 is 1.93 bits per heavy atom. The van der Waals surface area contributed by atoms with Crippen LogP contribution in [-0.2, 0) is 0 Å². The Balaban J connectivity index is 2.34. The van der Waals surface area contributed by atoms with Gasteiger partial charge in [-0.25, -0.2) is 0 Å². The second-order valence-corrected chi connectivity index (χ2v) is 2.95. The molecular weight excluding hydrogens is 174 g/mol. The van der Waals surface area contributed by atoms with E-state index < -0.39 is 0 Å². The van der Waals surface area contributed by atoms with Crippen molar-refractivity contribution < 1.29 is 4.68 Å². The summed E-state index contributed by atoms with van der Waals surface area (Å²) < 4.78 is 1.83. The molecule has 0 atom stereocenters. The van der Waals surface area contributed by atoms with Crippen molar-refractivity contribution in [2.75, 3.05) is 12.4 Å². The summed E-state index contributed by atoms with van der Waals surface area (Å²) in [4.78, 5) is 0. The third-order valence-corrected chi connectivity index (χ3v) is 2.03. The van der Waals surface area contributed by atoms with Gasteiger partial charge < -0.3 is 5.32 Å². The fourth-order valence-electron chi connectivity index (χ4n) is 1.24. The van der Waals surface area contributed by atoms with Crippen LogP contribution in [0, 0.1) is 0 Å². The predicted octanol–water partition coefficient (Wildman–Crippen LogP) is 1.40. The van der Waals surface area contributed by atoms with E-state index in [0.29, 0.717) is 0 Å². The highest BCUT2D eigenvalue weighted by Gasteiger charge is 2.04. The molecule has 0 saturated heterocycles. The number of anilines is 1. The third-order valence-electron chi connectivity index (χ3n) is 2.03. The van der Waals surface area contributed by atoms with Crippen LogP contribution in [0.2, 0.25) is 0 Å². The fraction of sp³-hybridized carbons (Fsp3) is 0.0909. The Hall–Kier alpha value is -1.90. The zero-order valence-electron chi connectivity index (χ0n) is 8.01. The average molecular weight is 186 g/mol. The lowest BCUT2D eigenvalue weighted by Gasteiger charge is -1.95. The smallest absolute Gasteiger partial charge is 0.238 e. The van der Waals surface area contributed by atoms with Gasteiger partial charge in [0.15, 0.2) is 0 Å². The number of nitrogens with one attached hydrogen (secondary N) is 1. The Labute approximate surface area is 83.0 Å². The third kappa shape index (κ3) is 1.71. The maximum absolute atomic E-state index is 4.27. The Morgan fingerprint density at radius 3 is 2.50 bits per heavy atom. The maximum atomic E-state index is 4.27. The van der Waals surface area contributed by atoms with Crippen molar-refractivity contribution in [1.82, 2.24) is 5.10 Å². The van der Waals surface area contributed by atoms with E-state index in [4.69, 9.17) is 0 Å². The molecule has 0 aliphatic heterocycles. The van der Waals surface area contributed by atoms with Gasteiger partial charge in [0.1, 0.15) is 6.20 Å². The second-order valence-electron chi connectivity index (χ2n) is 2.95. The first-order chi connectivity index (χ1) is 6.90. The van der Waals surface area contributed by atoms with Crippen molar-refractivity contribution in [1.29, 1.82) is 0 Å². The van der Waals surface area contributed by atoms with Crippen molar-refractivity contribution in [3.05, 3.63) is 48.8 Å². The van der Waals surface area contributed by atoms with E-state index >= 15 is 0 Å². The number of hydrogen-bond acceptors (Lipinski definition) is 2. The number of hydrogen-bond donors (Lipinski definition) is 1. The van der Waals surface area contributed by atoms with E-state index in [9.17, 15) is 0 Å². The highest BCUT2D eigenvalue weighted by Crippen LogP contribution is 2.00. The van der Waals surface area contributed by atoms with Gasteiger partial charge in [-0.15, -0.1) is 0 Å².